The number of hydrogen-bond donors (Lipinski definition) is 1. The third kappa shape index (κ3) is 6.90. The van der Waals surface area contributed by atoms with Crippen LogP contribution < -0.4 is 19.4 Å². The first-order valence-corrected chi connectivity index (χ1v) is 13.9. The van der Waals surface area contributed by atoms with Crippen LogP contribution in [0.3, 0.4) is 0 Å². The van der Waals surface area contributed by atoms with Crippen LogP contribution in [0.1, 0.15) is 0 Å². The van der Waals surface area contributed by atoms with Crippen molar-refractivity contribution in [3.05, 3.63) is 79.9 Å². The van der Waals surface area contributed by atoms with Crippen LogP contribution in [0.4, 0.5) is 11.4 Å². The summed E-state index contributed by atoms with van der Waals surface area (Å²) < 4.78 is 9.39. The van der Waals surface area contributed by atoms with E-state index in [1.54, 1.807) is 11.3 Å². The van der Waals surface area contributed by atoms with Gasteiger partial charge in [0, 0.05) is 44.1 Å². The Morgan fingerprint density at radius 2 is 1.59 bits per heavy atom. The van der Waals surface area contributed by atoms with Gasteiger partial charge in [0.05, 0.1) is 30.9 Å². The number of fused-ring (bicyclic) bond motifs is 1. The maximum absolute atomic E-state index is 13.1. The fourth-order valence-corrected chi connectivity index (χ4v) is 5.49. The number of hydrogen-bond acceptors (Lipinski definition) is 5. The molecule has 1 amide bonds. The minimum absolute atomic E-state index is 0.0190. The Morgan fingerprint density at radius 1 is 0.949 bits per heavy atom. The molecular weight excluding hydrogens is 508 g/mol. The van der Waals surface area contributed by atoms with E-state index < -0.39 is 0 Å². The van der Waals surface area contributed by atoms with Gasteiger partial charge in [-0.25, -0.2) is 23.3 Å². The number of rotatable bonds is 11. The highest BCUT2D eigenvalue weighted by Crippen LogP contribution is 2.32. The Balaban J connectivity index is 1.24. The summed E-state index contributed by atoms with van der Waals surface area (Å²) in [5.41, 5.74) is 3.98. The van der Waals surface area contributed by atoms with Crippen LogP contribution in [0.25, 0.3) is 20.8 Å². The fourth-order valence-electron chi connectivity index (χ4n) is 4.48. The maximum Gasteiger partial charge on any atom is 0.243 e. The monoisotopic (exact) mass is 544 g/mol. The summed E-state index contributed by atoms with van der Waals surface area (Å²) in [4.78, 5) is 22.2. The molecule has 10 heteroatoms. The number of carbonyl (C=O) groups excluding carboxylic acids is 1. The van der Waals surface area contributed by atoms with Crippen molar-refractivity contribution in [2.24, 2.45) is 14.1 Å². The van der Waals surface area contributed by atoms with Gasteiger partial charge in [0.15, 0.2) is 0 Å². The molecule has 5 aromatic rings. The number of thiazole rings is 1. The molecule has 2 aromatic carbocycles. The van der Waals surface area contributed by atoms with Crippen LogP contribution >= 0.6 is 11.3 Å². The number of amides is 1. The highest BCUT2D eigenvalue weighted by molar-refractivity contribution is 7.21. The summed E-state index contributed by atoms with van der Waals surface area (Å²) in [6, 6.07) is 14.3. The summed E-state index contributed by atoms with van der Waals surface area (Å²) in [6.07, 6.45) is 12.3. The van der Waals surface area contributed by atoms with E-state index in [9.17, 15) is 4.79 Å². The zero-order chi connectivity index (χ0) is 27.4. The number of nitrogens with one attached hydrogen (secondary N) is 1. The number of anilines is 2. The van der Waals surface area contributed by atoms with Crippen LogP contribution in [0, 0.1) is 0 Å². The molecule has 0 aliphatic rings. The van der Waals surface area contributed by atoms with Crippen LogP contribution in [-0.4, -0.2) is 58.7 Å². The lowest BCUT2D eigenvalue weighted by Crippen LogP contribution is -2.37. The predicted octanol–water partition coefficient (Wildman–Crippen LogP) is 2.92. The van der Waals surface area contributed by atoms with Crippen molar-refractivity contribution in [1.29, 1.82) is 0 Å². The lowest BCUT2D eigenvalue weighted by molar-refractivity contribution is -0.671. The number of carbonyl (C=O) groups is 1. The van der Waals surface area contributed by atoms with Crippen molar-refractivity contribution in [2.45, 2.75) is 13.1 Å². The number of benzene rings is 2. The topological polar surface area (TPSA) is 66.1 Å². The quantitative estimate of drug-likeness (QED) is 0.260. The Morgan fingerprint density at radius 3 is 2.15 bits per heavy atom. The lowest BCUT2D eigenvalue weighted by Gasteiger charge is -2.20. The second-order valence-electron chi connectivity index (χ2n) is 10.1. The first-order valence-electron chi connectivity index (χ1n) is 13.0. The third-order valence-electron chi connectivity index (χ3n) is 6.67. The van der Waals surface area contributed by atoms with Gasteiger partial charge in [-0.05, 0) is 42.5 Å². The van der Waals surface area contributed by atoms with E-state index in [-0.39, 0.29) is 5.91 Å². The number of imidazole rings is 2. The fraction of sp³-hybridized carbons (Fsp3) is 0.310. The van der Waals surface area contributed by atoms with Crippen LogP contribution in [0.5, 0.6) is 0 Å². The lowest BCUT2D eigenvalue weighted by atomic mass is 10.2. The molecule has 0 aliphatic carbocycles. The molecule has 202 valence electrons. The summed E-state index contributed by atoms with van der Waals surface area (Å²) in [7, 11) is 8.09. The molecular formula is C29H36N8OS+2. The molecule has 5 rings (SSSR count). The van der Waals surface area contributed by atoms with E-state index in [1.807, 2.05) is 67.9 Å². The minimum atomic E-state index is -0.0190. The van der Waals surface area contributed by atoms with E-state index in [4.69, 9.17) is 4.98 Å². The van der Waals surface area contributed by atoms with Crippen molar-refractivity contribution < 1.29 is 13.9 Å². The summed E-state index contributed by atoms with van der Waals surface area (Å²) >= 11 is 1.64. The SMILES string of the molecule is CN(C)c1ccc(-c2nc3ccc(NC(=O)CN(CCn4cc[n+](C)c4)CCn4cc[n+](C)c4)cc3s2)cc1. The van der Waals surface area contributed by atoms with Crippen molar-refractivity contribution in [2.75, 3.05) is 43.9 Å². The van der Waals surface area contributed by atoms with Gasteiger partial charge in [-0.1, -0.05) is 0 Å². The van der Waals surface area contributed by atoms with Gasteiger partial charge in [0.1, 0.15) is 42.9 Å². The number of aromatic nitrogens is 5. The van der Waals surface area contributed by atoms with E-state index in [1.165, 1.54) is 0 Å². The molecule has 0 saturated heterocycles. The smallest absolute Gasteiger partial charge is 0.243 e. The second kappa shape index (κ2) is 11.8. The average Bonchev–Trinajstić information content (AvgIpc) is 3.65. The largest absolute Gasteiger partial charge is 0.378 e. The molecule has 0 radical (unpaired) electrons. The first-order chi connectivity index (χ1) is 18.8. The Labute approximate surface area is 233 Å². The zero-order valence-electron chi connectivity index (χ0n) is 23.0. The van der Waals surface area contributed by atoms with Crippen molar-refractivity contribution in [1.82, 2.24) is 19.0 Å². The molecule has 3 aromatic heterocycles. The van der Waals surface area contributed by atoms with E-state index in [0.717, 1.165) is 58.3 Å². The van der Waals surface area contributed by atoms with Crippen molar-refractivity contribution in [3.8, 4) is 10.6 Å². The molecule has 3 heterocycles. The highest BCUT2D eigenvalue weighted by atomic mass is 32.1. The summed E-state index contributed by atoms with van der Waals surface area (Å²) in [6.45, 7) is 3.51. The molecule has 0 atom stereocenters. The standard InChI is InChI=1S/C29H35N8OS/c1-32(2)25-8-5-23(6-9-25)29-31-26-10-7-24(19-27(26)39-29)30-28(38)20-35(15-17-36-13-11-33(3)21-36)16-18-37-14-12-34(4)22-37/h5-14,19,21-22H,15-18,20H2,1-4H3/q+1/p+1. The molecule has 0 saturated carbocycles. The van der Waals surface area contributed by atoms with Gasteiger partial charge in [-0.3, -0.25) is 9.69 Å². The minimum Gasteiger partial charge on any atom is -0.378 e. The maximum atomic E-state index is 13.1. The van der Waals surface area contributed by atoms with Gasteiger partial charge in [0.25, 0.3) is 0 Å². The van der Waals surface area contributed by atoms with Crippen molar-refractivity contribution >= 4 is 38.8 Å². The van der Waals surface area contributed by atoms with Crippen LogP contribution in [-0.2, 0) is 32.0 Å². The predicted molar refractivity (Wildman–Crippen MR) is 156 cm³/mol. The summed E-state index contributed by atoms with van der Waals surface area (Å²) in [5, 5.41) is 4.08. The van der Waals surface area contributed by atoms with Gasteiger partial charge in [-0.2, -0.15) is 0 Å². The molecule has 0 fully saturated rings. The molecule has 0 bridgehead atoms. The second-order valence-corrected chi connectivity index (χ2v) is 11.1. The van der Waals surface area contributed by atoms with Gasteiger partial charge < -0.3 is 10.2 Å². The Hall–Kier alpha value is -4.02. The molecule has 1 N–H and O–H groups in total. The molecule has 0 spiro atoms. The van der Waals surface area contributed by atoms with E-state index >= 15 is 0 Å². The first kappa shape index (κ1) is 26.6. The summed E-state index contributed by atoms with van der Waals surface area (Å²) in [5.74, 6) is -0.0190. The average molecular weight is 545 g/mol. The van der Waals surface area contributed by atoms with Gasteiger partial charge >= 0.3 is 0 Å². The Kier molecular flexibility index (Phi) is 8.04. The molecule has 9 nitrogen and oxygen atoms in total. The van der Waals surface area contributed by atoms with Crippen LogP contribution in [0.2, 0.25) is 0 Å². The van der Waals surface area contributed by atoms with E-state index in [2.05, 4.69) is 73.6 Å². The molecule has 0 unspecified atom stereocenters. The third-order valence-corrected chi connectivity index (χ3v) is 7.73. The van der Waals surface area contributed by atoms with Gasteiger partial charge in [-0.15, -0.1) is 11.3 Å². The normalized spacial score (nSPS) is 11.4. The number of aryl methyl sites for hydroxylation is 2. The van der Waals surface area contributed by atoms with Crippen molar-refractivity contribution in [3.63, 3.8) is 0 Å². The zero-order valence-corrected chi connectivity index (χ0v) is 23.8. The van der Waals surface area contributed by atoms with Crippen LogP contribution in [0.15, 0.2) is 79.9 Å². The Bertz CT molecular complexity index is 1500. The van der Waals surface area contributed by atoms with Gasteiger partial charge in [0.2, 0.25) is 18.6 Å². The highest BCUT2D eigenvalue weighted by Gasteiger charge is 2.15. The molecule has 0 aliphatic heterocycles. The molecule has 39 heavy (non-hydrogen) atoms. The number of nitrogens with zero attached hydrogens (tertiary/aromatic N) is 7. The van der Waals surface area contributed by atoms with E-state index in [0.29, 0.717) is 6.54 Å².